The fourth-order valence-corrected chi connectivity index (χ4v) is 4.85. The topological polar surface area (TPSA) is 82.5 Å². The molecule has 36 heavy (non-hydrogen) atoms. The zero-order valence-electron chi connectivity index (χ0n) is 19.2. The summed E-state index contributed by atoms with van der Waals surface area (Å²) in [5.74, 6) is -1.26. The van der Waals surface area contributed by atoms with Crippen LogP contribution < -0.4 is 10.2 Å². The van der Waals surface area contributed by atoms with Crippen molar-refractivity contribution in [2.24, 2.45) is 0 Å². The summed E-state index contributed by atoms with van der Waals surface area (Å²) in [6.07, 6.45) is -0.120. The third-order valence-corrected chi connectivity index (χ3v) is 7.05. The van der Waals surface area contributed by atoms with Gasteiger partial charge in [-0.25, -0.2) is 4.98 Å². The Bertz CT molecular complexity index is 1360. The van der Waals surface area contributed by atoms with Gasteiger partial charge in [-0.1, -0.05) is 71.7 Å². The third kappa shape index (κ3) is 6.63. The lowest BCUT2D eigenvalue weighted by atomic mass is 10.1. The minimum Gasteiger partial charge on any atom is -0.481 e. The smallest absolute Gasteiger partial charge is 0.305 e. The van der Waals surface area contributed by atoms with Crippen LogP contribution >= 0.6 is 34.5 Å². The van der Waals surface area contributed by atoms with Gasteiger partial charge >= 0.3 is 5.97 Å². The molecule has 0 radical (unpaired) electrons. The first kappa shape index (κ1) is 25.7. The van der Waals surface area contributed by atoms with Gasteiger partial charge in [0.1, 0.15) is 0 Å². The number of rotatable bonds is 10. The van der Waals surface area contributed by atoms with E-state index < -0.39 is 5.97 Å². The second kappa shape index (κ2) is 12.0. The van der Waals surface area contributed by atoms with Crippen molar-refractivity contribution >= 4 is 51.5 Å². The van der Waals surface area contributed by atoms with Crippen LogP contribution in [0, 0.1) is 0 Å². The number of amides is 1. The molecule has 6 nitrogen and oxygen atoms in total. The number of nitrogens with zero attached hydrogens (tertiary/aromatic N) is 2. The molecule has 0 spiro atoms. The van der Waals surface area contributed by atoms with Crippen LogP contribution in [-0.2, 0) is 17.9 Å². The molecule has 9 heteroatoms. The van der Waals surface area contributed by atoms with Gasteiger partial charge in [-0.2, -0.15) is 0 Å². The summed E-state index contributed by atoms with van der Waals surface area (Å²) in [4.78, 5) is 29.9. The Hall–Kier alpha value is -3.39. The fraction of sp³-hybridized carbons (Fsp3) is 0.148. The van der Waals surface area contributed by atoms with Crippen LogP contribution in [0.4, 0.5) is 5.13 Å². The van der Waals surface area contributed by atoms with E-state index in [4.69, 9.17) is 33.3 Å². The lowest BCUT2D eigenvalue weighted by Crippen LogP contribution is -2.26. The molecule has 0 saturated carbocycles. The Kier molecular flexibility index (Phi) is 8.59. The molecular weight excluding hydrogens is 517 g/mol. The summed E-state index contributed by atoms with van der Waals surface area (Å²) in [5, 5.41) is 15.5. The van der Waals surface area contributed by atoms with Crippen molar-refractivity contribution in [1.82, 2.24) is 10.3 Å². The number of carboxylic acid groups (broad SMARTS) is 1. The van der Waals surface area contributed by atoms with Gasteiger partial charge in [0, 0.05) is 46.2 Å². The summed E-state index contributed by atoms with van der Waals surface area (Å²) in [5.41, 5.74) is 4.11. The van der Waals surface area contributed by atoms with Gasteiger partial charge in [0.25, 0.3) is 5.91 Å². The van der Waals surface area contributed by atoms with E-state index >= 15 is 0 Å². The minimum atomic E-state index is -0.955. The molecule has 0 bridgehead atoms. The number of halogens is 2. The van der Waals surface area contributed by atoms with Gasteiger partial charge in [0.15, 0.2) is 5.13 Å². The number of aliphatic carboxylic acids is 1. The van der Waals surface area contributed by atoms with E-state index in [0.717, 1.165) is 27.5 Å². The molecule has 4 rings (SSSR count). The van der Waals surface area contributed by atoms with E-state index in [1.165, 1.54) is 11.3 Å². The number of benzene rings is 3. The standard InChI is InChI=1S/C27H23Cl2N3O3S/c28-22-7-3-1-5-20(22)16-32(27-31-24(17-36-27)21-6-2-4-8-23(21)29)15-18-9-11-19(12-10-18)26(35)30-14-13-25(33)34/h1-12,17H,13-16H2,(H,30,35)(H,33,34). The molecular formula is C27H23Cl2N3O3S. The number of nitrogens with one attached hydrogen (secondary N) is 1. The number of carbonyl (C=O) groups excluding carboxylic acids is 1. The predicted molar refractivity (Wildman–Crippen MR) is 145 cm³/mol. The molecule has 3 aromatic carbocycles. The molecule has 0 atom stereocenters. The fourth-order valence-electron chi connectivity index (χ4n) is 3.59. The van der Waals surface area contributed by atoms with Crippen LogP contribution in [0.15, 0.2) is 78.2 Å². The van der Waals surface area contributed by atoms with Crippen LogP contribution in [0.25, 0.3) is 11.3 Å². The number of carboxylic acids is 1. The predicted octanol–water partition coefficient (Wildman–Crippen LogP) is 6.53. The average molecular weight is 540 g/mol. The van der Waals surface area contributed by atoms with Gasteiger partial charge < -0.3 is 15.3 Å². The summed E-state index contributed by atoms with van der Waals surface area (Å²) in [6.45, 7) is 1.17. The monoisotopic (exact) mass is 539 g/mol. The zero-order chi connectivity index (χ0) is 25.5. The van der Waals surface area contributed by atoms with Gasteiger partial charge in [0.2, 0.25) is 0 Å². The van der Waals surface area contributed by atoms with Crippen molar-refractivity contribution in [2.75, 3.05) is 11.4 Å². The Morgan fingerprint density at radius 2 is 1.61 bits per heavy atom. The maximum absolute atomic E-state index is 12.3. The third-order valence-electron chi connectivity index (χ3n) is 5.45. The number of aromatic nitrogens is 1. The number of anilines is 1. The molecule has 1 amide bonds. The van der Waals surface area contributed by atoms with E-state index in [0.29, 0.717) is 28.7 Å². The molecule has 0 fully saturated rings. The molecule has 0 unspecified atom stereocenters. The molecule has 2 N–H and O–H groups in total. The van der Waals surface area contributed by atoms with Crippen molar-refractivity contribution in [1.29, 1.82) is 0 Å². The molecule has 1 aromatic heterocycles. The highest BCUT2D eigenvalue weighted by Crippen LogP contribution is 2.33. The molecule has 0 aliphatic heterocycles. The quantitative estimate of drug-likeness (QED) is 0.239. The molecule has 184 valence electrons. The van der Waals surface area contributed by atoms with Gasteiger partial charge in [-0.05, 0) is 35.4 Å². The van der Waals surface area contributed by atoms with Gasteiger partial charge in [-0.15, -0.1) is 11.3 Å². The van der Waals surface area contributed by atoms with Crippen LogP contribution in [0.3, 0.4) is 0 Å². The SMILES string of the molecule is O=C(O)CCNC(=O)c1ccc(CN(Cc2ccccc2Cl)c2nc(-c3ccccc3Cl)cs2)cc1. The van der Waals surface area contributed by atoms with Gasteiger partial charge in [0.05, 0.1) is 12.1 Å². The maximum atomic E-state index is 12.3. The summed E-state index contributed by atoms with van der Waals surface area (Å²) in [6, 6.07) is 22.5. The van der Waals surface area contributed by atoms with Crippen molar-refractivity contribution < 1.29 is 14.7 Å². The van der Waals surface area contributed by atoms with E-state index in [1.807, 2.05) is 66.0 Å². The van der Waals surface area contributed by atoms with Crippen LogP contribution in [0.1, 0.15) is 27.9 Å². The van der Waals surface area contributed by atoms with Crippen molar-refractivity contribution in [3.05, 3.63) is 105 Å². The zero-order valence-corrected chi connectivity index (χ0v) is 21.5. The number of thiazole rings is 1. The molecule has 0 aliphatic carbocycles. The molecule has 4 aromatic rings. The number of hydrogen-bond acceptors (Lipinski definition) is 5. The summed E-state index contributed by atoms with van der Waals surface area (Å²) in [7, 11) is 0. The first-order valence-electron chi connectivity index (χ1n) is 11.2. The second-order valence-electron chi connectivity index (χ2n) is 8.04. The van der Waals surface area contributed by atoms with Crippen molar-refractivity contribution in [3.8, 4) is 11.3 Å². The van der Waals surface area contributed by atoms with Crippen LogP contribution in [0.5, 0.6) is 0 Å². The summed E-state index contributed by atoms with van der Waals surface area (Å²) < 4.78 is 0. The molecule has 0 aliphatic rings. The van der Waals surface area contributed by atoms with E-state index in [1.54, 1.807) is 12.1 Å². The van der Waals surface area contributed by atoms with Crippen molar-refractivity contribution in [2.45, 2.75) is 19.5 Å². The Labute approximate surface area is 223 Å². The van der Waals surface area contributed by atoms with E-state index in [2.05, 4.69) is 10.2 Å². The maximum Gasteiger partial charge on any atom is 0.305 e. The normalized spacial score (nSPS) is 10.7. The van der Waals surface area contributed by atoms with Crippen molar-refractivity contribution in [3.63, 3.8) is 0 Å². The molecule has 1 heterocycles. The summed E-state index contributed by atoms with van der Waals surface area (Å²) >= 11 is 14.4. The average Bonchev–Trinajstić information content (AvgIpc) is 3.35. The Morgan fingerprint density at radius 1 is 0.917 bits per heavy atom. The number of hydrogen-bond donors (Lipinski definition) is 2. The largest absolute Gasteiger partial charge is 0.481 e. The molecule has 0 saturated heterocycles. The highest BCUT2D eigenvalue weighted by atomic mass is 35.5. The second-order valence-corrected chi connectivity index (χ2v) is 9.69. The number of carbonyl (C=O) groups is 2. The van der Waals surface area contributed by atoms with E-state index in [-0.39, 0.29) is 18.9 Å². The highest BCUT2D eigenvalue weighted by molar-refractivity contribution is 7.14. The van der Waals surface area contributed by atoms with E-state index in [9.17, 15) is 9.59 Å². The minimum absolute atomic E-state index is 0.0827. The Balaban J connectivity index is 1.55. The lowest BCUT2D eigenvalue weighted by Gasteiger charge is -2.23. The Morgan fingerprint density at radius 3 is 2.31 bits per heavy atom. The first-order chi connectivity index (χ1) is 17.4. The first-order valence-corrected chi connectivity index (χ1v) is 12.8. The highest BCUT2D eigenvalue weighted by Gasteiger charge is 2.16. The lowest BCUT2D eigenvalue weighted by molar-refractivity contribution is -0.136. The van der Waals surface area contributed by atoms with Crippen LogP contribution in [0.2, 0.25) is 10.0 Å². The van der Waals surface area contributed by atoms with Crippen LogP contribution in [-0.4, -0.2) is 28.5 Å². The van der Waals surface area contributed by atoms with Gasteiger partial charge in [-0.3, -0.25) is 9.59 Å².